The highest BCUT2D eigenvalue weighted by atomic mass is 32.2. The molecule has 0 amide bonds. The van der Waals surface area contributed by atoms with Gasteiger partial charge in [0, 0.05) is 17.6 Å². The maximum atomic E-state index is 10.3. The number of thioether (sulfide) groups is 1. The average Bonchev–Trinajstić information content (AvgIpc) is 2.84. The molecular weight excluding hydrogens is 274 g/mol. The van der Waals surface area contributed by atoms with Crippen molar-refractivity contribution in [2.24, 2.45) is 15.4 Å². The molecule has 0 aliphatic rings. The lowest BCUT2D eigenvalue weighted by Gasteiger charge is -1.95. The van der Waals surface area contributed by atoms with E-state index in [0.29, 0.717) is 16.0 Å². The molecule has 0 spiro atoms. The lowest BCUT2D eigenvalue weighted by molar-refractivity contribution is 0.477. The zero-order chi connectivity index (χ0) is 13.0. The fraction of sp³-hybridized carbons (Fsp3) is 0.111. The summed E-state index contributed by atoms with van der Waals surface area (Å²) in [5.41, 5.74) is 0.371. The fourth-order valence-electron chi connectivity index (χ4n) is 1.08. The van der Waals surface area contributed by atoms with Crippen molar-refractivity contribution >= 4 is 39.8 Å². The molecule has 0 aliphatic heterocycles. The summed E-state index contributed by atoms with van der Waals surface area (Å²) in [7, 11) is 0. The van der Waals surface area contributed by atoms with Crippen molar-refractivity contribution in [3.05, 3.63) is 23.1 Å². The summed E-state index contributed by atoms with van der Waals surface area (Å²) in [4.78, 5) is 14.3. The molecule has 0 saturated heterocycles. The van der Waals surface area contributed by atoms with E-state index < -0.39 is 0 Å². The molecule has 92 valence electrons. The van der Waals surface area contributed by atoms with Gasteiger partial charge < -0.3 is 5.11 Å². The highest BCUT2D eigenvalue weighted by Gasteiger charge is 2.03. The third kappa shape index (κ3) is 2.87. The molecule has 2 rings (SSSR count). The Kier molecular flexibility index (Phi) is 3.95. The molecule has 2 aromatic rings. The number of nitroso groups, excluding NO2 is 1. The van der Waals surface area contributed by atoms with Gasteiger partial charge >= 0.3 is 0 Å². The number of benzene rings is 1. The van der Waals surface area contributed by atoms with Crippen molar-refractivity contribution in [1.82, 2.24) is 9.36 Å². The van der Waals surface area contributed by atoms with E-state index in [2.05, 4.69) is 24.8 Å². The van der Waals surface area contributed by atoms with Crippen LogP contribution in [0.3, 0.4) is 0 Å². The molecule has 1 aromatic carbocycles. The van der Waals surface area contributed by atoms with E-state index in [1.807, 2.05) is 6.26 Å². The number of aromatic nitrogens is 2. The second-order valence-corrected chi connectivity index (χ2v) is 4.53. The number of phenolic OH excluding ortho intramolecular Hbond substituents is 1. The van der Waals surface area contributed by atoms with Gasteiger partial charge in [-0.3, -0.25) is 0 Å². The first kappa shape index (κ1) is 12.6. The first-order valence-electron chi connectivity index (χ1n) is 4.68. The Morgan fingerprint density at radius 1 is 1.39 bits per heavy atom. The maximum Gasteiger partial charge on any atom is 0.250 e. The van der Waals surface area contributed by atoms with Crippen molar-refractivity contribution in [2.75, 3.05) is 6.26 Å². The van der Waals surface area contributed by atoms with Gasteiger partial charge in [-0.2, -0.15) is 9.36 Å². The average molecular weight is 281 g/mol. The summed E-state index contributed by atoms with van der Waals surface area (Å²) in [5.74, 6) is -0.233. The van der Waals surface area contributed by atoms with Crippen LogP contribution < -0.4 is 0 Å². The van der Waals surface area contributed by atoms with Gasteiger partial charge in [0.2, 0.25) is 10.3 Å². The summed E-state index contributed by atoms with van der Waals surface area (Å²) < 4.78 is 4.03. The number of aromatic hydroxyl groups is 1. The first-order valence-corrected chi connectivity index (χ1v) is 6.68. The Balaban J connectivity index is 2.18. The largest absolute Gasteiger partial charge is 0.505 e. The molecule has 18 heavy (non-hydrogen) atoms. The monoisotopic (exact) mass is 281 g/mol. The molecule has 0 saturated carbocycles. The second-order valence-electron chi connectivity index (χ2n) is 3.03. The molecule has 0 aliphatic carbocycles. The lowest BCUT2D eigenvalue weighted by atomic mass is 10.3. The van der Waals surface area contributed by atoms with Crippen LogP contribution in [0.15, 0.2) is 38.8 Å². The lowest BCUT2D eigenvalue weighted by Crippen LogP contribution is -1.69. The summed E-state index contributed by atoms with van der Waals surface area (Å²) in [5, 5.41) is 20.9. The van der Waals surface area contributed by atoms with Gasteiger partial charge in [-0.25, -0.2) is 0 Å². The van der Waals surface area contributed by atoms with Crippen LogP contribution in [0.25, 0.3) is 0 Å². The Morgan fingerprint density at radius 3 is 2.83 bits per heavy atom. The fourth-order valence-corrected chi connectivity index (χ4v) is 2.13. The topological polar surface area (TPSA) is 100 Å². The zero-order valence-electron chi connectivity index (χ0n) is 9.14. The van der Waals surface area contributed by atoms with Gasteiger partial charge in [0.25, 0.3) is 0 Å². The minimum Gasteiger partial charge on any atom is -0.505 e. The molecule has 9 heteroatoms. The molecule has 1 aromatic heterocycles. The van der Waals surface area contributed by atoms with Crippen LogP contribution in [0.1, 0.15) is 0 Å². The van der Waals surface area contributed by atoms with Crippen LogP contribution in [-0.2, 0) is 0 Å². The van der Waals surface area contributed by atoms with Gasteiger partial charge in [0.1, 0.15) is 11.4 Å². The van der Waals surface area contributed by atoms with Crippen molar-refractivity contribution in [3.63, 3.8) is 0 Å². The van der Waals surface area contributed by atoms with E-state index in [1.54, 1.807) is 0 Å². The van der Waals surface area contributed by atoms with Gasteiger partial charge in [-0.1, -0.05) is 11.8 Å². The molecule has 1 N–H and O–H groups in total. The van der Waals surface area contributed by atoms with Crippen LogP contribution in [0.4, 0.5) is 16.5 Å². The van der Waals surface area contributed by atoms with E-state index in [9.17, 15) is 10.0 Å². The van der Waals surface area contributed by atoms with Gasteiger partial charge in [0.05, 0.1) is 5.69 Å². The standard InChI is InChI=1S/C9H7N5O2S2/c1-17-9-10-8(18-14-9)12-11-5-2-3-6(13-16)7(15)4-5/h2-4,15H,1H3/b12-11+. The third-order valence-electron chi connectivity index (χ3n) is 1.89. The van der Waals surface area contributed by atoms with Crippen LogP contribution in [0.5, 0.6) is 5.75 Å². The van der Waals surface area contributed by atoms with Crippen LogP contribution >= 0.6 is 23.3 Å². The molecule has 0 bridgehead atoms. The molecule has 0 radical (unpaired) electrons. The van der Waals surface area contributed by atoms with Crippen LogP contribution in [0, 0.1) is 4.91 Å². The summed E-state index contributed by atoms with van der Waals surface area (Å²) in [6, 6.07) is 4.19. The second kappa shape index (κ2) is 5.65. The predicted octanol–water partition coefficient (Wildman–Crippen LogP) is 3.78. The Bertz CT molecular complexity index is 598. The Labute approximate surface area is 110 Å². The Hall–Kier alpha value is -1.87. The van der Waals surface area contributed by atoms with E-state index in [4.69, 9.17) is 0 Å². The molecule has 0 fully saturated rings. The van der Waals surface area contributed by atoms with E-state index in [0.717, 1.165) is 11.5 Å². The molecular formula is C9H7N5O2S2. The number of hydrogen-bond acceptors (Lipinski definition) is 9. The number of azo groups is 1. The number of hydrogen-bond donors (Lipinski definition) is 1. The number of rotatable bonds is 4. The first-order chi connectivity index (χ1) is 8.72. The van der Waals surface area contributed by atoms with Crippen molar-refractivity contribution in [1.29, 1.82) is 0 Å². The highest BCUT2D eigenvalue weighted by Crippen LogP contribution is 2.31. The van der Waals surface area contributed by atoms with Crippen LogP contribution in [0.2, 0.25) is 0 Å². The SMILES string of the molecule is CSc1nsc(/N=N/c2ccc(N=O)c(O)c2)n1. The smallest absolute Gasteiger partial charge is 0.250 e. The minimum atomic E-state index is -0.233. The Morgan fingerprint density at radius 2 is 2.22 bits per heavy atom. The van der Waals surface area contributed by atoms with Crippen LogP contribution in [-0.4, -0.2) is 20.7 Å². The van der Waals surface area contributed by atoms with Crippen molar-refractivity contribution in [2.45, 2.75) is 5.16 Å². The van der Waals surface area contributed by atoms with E-state index in [1.165, 1.54) is 30.0 Å². The summed E-state index contributed by atoms with van der Waals surface area (Å²) >= 11 is 2.55. The summed E-state index contributed by atoms with van der Waals surface area (Å²) in [6.07, 6.45) is 1.87. The molecule has 7 nitrogen and oxygen atoms in total. The normalized spacial score (nSPS) is 10.9. The van der Waals surface area contributed by atoms with E-state index in [-0.39, 0.29) is 11.4 Å². The zero-order valence-corrected chi connectivity index (χ0v) is 10.8. The molecule has 1 heterocycles. The predicted molar refractivity (Wildman–Crippen MR) is 69.4 cm³/mol. The maximum absolute atomic E-state index is 10.3. The number of phenols is 1. The van der Waals surface area contributed by atoms with Crippen molar-refractivity contribution < 1.29 is 5.11 Å². The number of nitrogens with zero attached hydrogens (tertiary/aromatic N) is 5. The quantitative estimate of drug-likeness (QED) is 0.522. The highest BCUT2D eigenvalue weighted by molar-refractivity contribution is 7.98. The molecule has 0 atom stereocenters. The minimum absolute atomic E-state index is 0.0328. The van der Waals surface area contributed by atoms with Gasteiger partial charge in [0.15, 0.2) is 0 Å². The van der Waals surface area contributed by atoms with Gasteiger partial charge in [-0.15, -0.1) is 15.1 Å². The van der Waals surface area contributed by atoms with Crippen molar-refractivity contribution in [3.8, 4) is 5.75 Å². The third-order valence-corrected chi connectivity index (χ3v) is 3.15. The van der Waals surface area contributed by atoms with E-state index >= 15 is 0 Å². The molecule has 0 unspecified atom stereocenters. The summed E-state index contributed by atoms with van der Waals surface area (Å²) in [6.45, 7) is 0. The van der Waals surface area contributed by atoms with Gasteiger partial charge in [-0.05, 0) is 23.6 Å².